The summed E-state index contributed by atoms with van der Waals surface area (Å²) in [6.45, 7) is 0.258. The third-order valence-corrected chi connectivity index (χ3v) is 2.44. The number of aromatic nitrogens is 1. The molecule has 1 rings (SSSR count). The Morgan fingerprint density at radius 1 is 1.67 bits per heavy atom. The van der Waals surface area contributed by atoms with Crippen LogP contribution >= 0.6 is 11.8 Å². The number of nitrogens with zero attached hydrogens (tertiary/aromatic N) is 1. The Morgan fingerprint density at radius 2 is 2.47 bits per heavy atom. The lowest BCUT2D eigenvalue weighted by atomic mass is 10.4. The number of nitrogens with two attached hydrogens (primary N) is 1. The number of anilines is 1. The first-order valence-electron chi connectivity index (χ1n) is 4.27. The van der Waals surface area contributed by atoms with Gasteiger partial charge in [0.2, 0.25) is 5.91 Å². The van der Waals surface area contributed by atoms with E-state index in [2.05, 4.69) is 16.2 Å². The molecular formula is C10H11N3OS. The van der Waals surface area contributed by atoms with Crippen LogP contribution < -0.4 is 11.1 Å². The average molecular weight is 221 g/mol. The minimum absolute atomic E-state index is 0.100. The van der Waals surface area contributed by atoms with Crippen molar-refractivity contribution in [1.29, 1.82) is 0 Å². The van der Waals surface area contributed by atoms with Crippen LogP contribution in [0, 0.1) is 12.3 Å². The van der Waals surface area contributed by atoms with E-state index in [4.69, 9.17) is 12.2 Å². The SMILES string of the molecule is C#CCNC(=O)CSc1ccc(N)cn1. The summed E-state index contributed by atoms with van der Waals surface area (Å²) in [6.07, 6.45) is 6.56. The first-order chi connectivity index (χ1) is 7.22. The summed E-state index contributed by atoms with van der Waals surface area (Å²) >= 11 is 1.34. The molecule has 78 valence electrons. The lowest BCUT2D eigenvalue weighted by molar-refractivity contribution is -0.118. The number of thioether (sulfide) groups is 1. The molecule has 1 aromatic rings. The van der Waals surface area contributed by atoms with E-state index < -0.39 is 0 Å². The first kappa shape index (κ1) is 11.4. The second-order valence-corrected chi connectivity index (χ2v) is 3.69. The van der Waals surface area contributed by atoms with Gasteiger partial charge < -0.3 is 11.1 Å². The summed E-state index contributed by atoms with van der Waals surface area (Å²) in [7, 11) is 0. The van der Waals surface area contributed by atoms with Gasteiger partial charge in [-0.1, -0.05) is 17.7 Å². The molecular weight excluding hydrogens is 210 g/mol. The molecule has 1 heterocycles. The predicted molar refractivity (Wildman–Crippen MR) is 61.2 cm³/mol. The Hall–Kier alpha value is -1.67. The number of nitrogens with one attached hydrogen (secondary N) is 1. The normalized spacial score (nSPS) is 9.27. The van der Waals surface area contributed by atoms with Crippen molar-refractivity contribution < 1.29 is 4.79 Å². The number of pyridine rings is 1. The van der Waals surface area contributed by atoms with Crippen molar-refractivity contribution >= 4 is 23.4 Å². The Bertz CT molecular complexity index is 369. The van der Waals surface area contributed by atoms with Crippen LogP contribution in [0.4, 0.5) is 5.69 Å². The zero-order valence-electron chi connectivity index (χ0n) is 8.06. The number of rotatable bonds is 4. The smallest absolute Gasteiger partial charge is 0.231 e. The predicted octanol–water partition coefficient (Wildman–Crippen LogP) is 0.505. The molecule has 0 aliphatic heterocycles. The Kier molecular flexibility index (Phi) is 4.51. The third kappa shape index (κ3) is 4.38. The fraction of sp³-hybridized carbons (Fsp3) is 0.200. The molecule has 0 bridgehead atoms. The van der Waals surface area contributed by atoms with Crippen molar-refractivity contribution in [2.75, 3.05) is 18.0 Å². The number of carbonyl (C=O) groups is 1. The number of nitrogen functional groups attached to an aromatic ring is 1. The molecule has 0 spiro atoms. The van der Waals surface area contributed by atoms with Gasteiger partial charge in [0, 0.05) is 0 Å². The number of hydrogen-bond acceptors (Lipinski definition) is 4. The van der Waals surface area contributed by atoms with Gasteiger partial charge >= 0.3 is 0 Å². The third-order valence-electron chi connectivity index (χ3n) is 1.50. The second-order valence-electron chi connectivity index (χ2n) is 2.70. The van der Waals surface area contributed by atoms with Crippen LogP contribution in [0.5, 0.6) is 0 Å². The van der Waals surface area contributed by atoms with Gasteiger partial charge in [0.15, 0.2) is 0 Å². The van der Waals surface area contributed by atoms with E-state index in [0.717, 1.165) is 5.03 Å². The molecule has 1 amide bonds. The number of terminal acetylenes is 1. The maximum atomic E-state index is 11.2. The highest BCUT2D eigenvalue weighted by Crippen LogP contribution is 2.15. The molecule has 0 aliphatic rings. The van der Waals surface area contributed by atoms with Crippen molar-refractivity contribution in [3.8, 4) is 12.3 Å². The Labute approximate surface area is 92.6 Å². The summed E-state index contributed by atoms with van der Waals surface area (Å²) in [6, 6.07) is 3.52. The minimum Gasteiger partial charge on any atom is -0.397 e. The van der Waals surface area contributed by atoms with Crippen molar-refractivity contribution in [1.82, 2.24) is 10.3 Å². The summed E-state index contributed by atoms with van der Waals surface area (Å²) in [5.74, 6) is 2.53. The molecule has 0 aromatic carbocycles. The molecule has 0 saturated carbocycles. The van der Waals surface area contributed by atoms with Gasteiger partial charge in [-0.2, -0.15) is 0 Å². The van der Waals surface area contributed by atoms with Crippen molar-refractivity contribution in [2.45, 2.75) is 5.03 Å². The van der Waals surface area contributed by atoms with Crippen molar-refractivity contribution in [2.24, 2.45) is 0 Å². The van der Waals surface area contributed by atoms with Gasteiger partial charge in [-0.25, -0.2) is 4.98 Å². The van der Waals surface area contributed by atoms with Crippen LogP contribution in [0.1, 0.15) is 0 Å². The van der Waals surface area contributed by atoms with Crippen LogP contribution in [0.15, 0.2) is 23.4 Å². The monoisotopic (exact) mass is 221 g/mol. The van der Waals surface area contributed by atoms with Gasteiger partial charge in [-0.05, 0) is 12.1 Å². The highest BCUT2D eigenvalue weighted by atomic mass is 32.2. The number of hydrogen-bond donors (Lipinski definition) is 2. The van der Waals surface area contributed by atoms with Gasteiger partial charge in [0.25, 0.3) is 0 Å². The molecule has 15 heavy (non-hydrogen) atoms. The van der Waals surface area contributed by atoms with Gasteiger partial charge in [0.1, 0.15) is 0 Å². The van der Waals surface area contributed by atoms with E-state index in [0.29, 0.717) is 11.4 Å². The number of amides is 1. The van der Waals surface area contributed by atoms with Gasteiger partial charge in [0.05, 0.1) is 29.2 Å². The molecule has 0 saturated heterocycles. The fourth-order valence-corrected chi connectivity index (χ4v) is 1.49. The highest BCUT2D eigenvalue weighted by Gasteiger charge is 2.01. The summed E-state index contributed by atoms with van der Waals surface area (Å²) in [5.41, 5.74) is 6.08. The molecule has 0 radical (unpaired) electrons. The number of carbonyl (C=O) groups excluding carboxylic acids is 1. The molecule has 0 fully saturated rings. The van der Waals surface area contributed by atoms with E-state index in [9.17, 15) is 4.79 Å². The first-order valence-corrected chi connectivity index (χ1v) is 5.25. The highest BCUT2D eigenvalue weighted by molar-refractivity contribution is 7.99. The van der Waals surface area contributed by atoms with Crippen LogP contribution in [0.2, 0.25) is 0 Å². The molecule has 1 aromatic heterocycles. The van der Waals surface area contributed by atoms with E-state index >= 15 is 0 Å². The zero-order valence-corrected chi connectivity index (χ0v) is 8.88. The second kappa shape index (κ2) is 5.94. The van der Waals surface area contributed by atoms with E-state index in [1.807, 2.05) is 0 Å². The topological polar surface area (TPSA) is 68.0 Å². The molecule has 3 N–H and O–H groups in total. The van der Waals surface area contributed by atoms with Gasteiger partial charge in [-0.15, -0.1) is 6.42 Å². The lowest BCUT2D eigenvalue weighted by Crippen LogP contribution is -2.25. The molecule has 4 nitrogen and oxygen atoms in total. The maximum absolute atomic E-state index is 11.2. The van der Waals surface area contributed by atoms with Crippen LogP contribution in [-0.2, 0) is 4.79 Å². The van der Waals surface area contributed by atoms with Crippen molar-refractivity contribution in [3.63, 3.8) is 0 Å². The maximum Gasteiger partial charge on any atom is 0.231 e. The quantitative estimate of drug-likeness (QED) is 0.574. The molecule has 0 aliphatic carbocycles. The van der Waals surface area contributed by atoms with E-state index in [-0.39, 0.29) is 12.5 Å². The molecule has 0 unspecified atom stereocenters. The van der Waals surface area contributed by atoms with Crippen LogP contribution in [0.25, 0.3) is 0 Å². The summed E-state index contributed by atoms with van der Waals surface area (Å²) < 4.78 is 0. The van der Waals surface area contributed by atoms with Crippen LogP contribution in [0.3, 0.4) is 0 Å². The fourth-order valence-electron chi connectivity index (χ4n) is 0.817. The summed E-state index contributed by atoms with van der Waals surface area (Å²) in [5, 5.41) is 3.33. The van der Waals surface area contributed by atoms with Crippen molar-refractivity contribution in [3.05, 3.63) is 18.3 Å². The summed E-state index contributed by atoms with van der Waals surface area (Å²) in [4.78, 5) is 15.2. The Balaban J connectivity index is 2.34. The van der Waals surface area contributed by atoms with Gasteiger partial charge in [-0.3, -0.25) is 4.79 Å². The standard InChI is InChI=1S/C10H11N3OS/c1-2-5-12-9(14)7-15-10-4-3-8(11)6-13-10/h1,3-4,6H,5,7,11H2,(H,12,14). The minimum atomic E-state index is -0.100. The molecule has 5 heteroatoms. The Morgan fingerprint density at radius 3 is 3.07 bits per heavy atom. The molecule has 0 atom stereocenters. The average Bonchev–Trinajstić information content (AvgIpc) is 2.25. The zero-order chi connectivity index (χ0) is 11.1. The van der Waals surface area contributed by atoms with E-state index in [1.54, 1.807) is 18.3 Å². The van der Waals surface area contributed by atoms with Crippen LogP contribution in [-0.4, -0.2) is 23.2 Å². The van der Waals surface area contributed by atoms with E-state index in [1.165, 1.54) is 11.8 Å². The lowest BCUT2D eigenvalue weighted by Gasteiger charge is -2.01. The largest absolute Gasteiger partial charge is 0.397 e.